The second-order valence-corrected chi connectivity index (χ2v) is 13.4. The number of amides is 1. The molecule has 0 spiro atoms. The van der Waals surface area contributed by atoms with Gasteiger partial charge in [-0.15, -0.1) is 0 Å². The predicted octanol–water partition coefficient (Wildman–Crippen LogP) is 1.86. The highest BCUT2D eigenvalue weighted by molar-refractivity contribution is 7.89. The number of fused-ring (bicyclic) bond motifs is 2. The van der Waals surface area contributed by atoms with Crippen molar-refractivity contribution in [3.05, 3.63) is 48.0 Å². The second kappa shape index (κ2) is 14.3. The van der Waals surface area contributed by atoms with E-state index in [0.29, 0.717) is 37.0 Å². The van der Waals surface area contributed by atoms with Gasteiger partial charge in [-0.1, -0.05) is 26.0 Å². The van der Waals surface area contributed by atoms with Gasteiger partial charge >= 0.3 is 6.09 Å². The number of benzene rings is 2. The van der Waals surface area contributed by atoms with Gasteiger partial charge in [0.2, 0.25) is 16.8 Å². The summed E-state index contributed by atoms with van der Waals surface area (Å²) in [4.78, 5) is 13.1. The highest BCUT2D eigenvalue weighted by Gasteiger charge is 2.44. The minimum atomic E-state index is -4.05. The van der Waals surface area contributed by atoms with Crippen molar-refractivity contribution in [1.82, 2.24) is 9.62 Å². The number of hydrogen-bond acceptors (Lipinski definition) is 11. The summed E-state index contributed by atoms with van der Waals surface area (Å²) >= 11 is 0. The number of rotatable bonds is 14. The van der Waals surface area contributed by atoms with Crippen molar-refractivity contribution in [2.45, 2.75) is 56.1 Å². The van der Waals surface area contributed by atoms with Crippen LogP contribution in [0.25, 0.3) is 0 Å². The van der Waals surface area contributed by atoms with Crippen molar-refractivity contribution in [3.8, 4) is 17.2 Å². The van der Waals surface area contributed by atoms with Gasteiger partial charge in [0.05, 0.1) is 36.2 Å². The zero-order chi connectivity index (χ0) is 31.3. The molecule has 5 rings (SSSR count). The van der Waals surface area contributed by atoms with E-state index >= 15 is 0 Å². The number of aliphatic hydroxyl groups is 1. The molecule has 14 heteroatoms. The summed E-state index contributed by atoms with van der Waals surface area (Å²) in [5, 5.41) is 14.3. The quantitative estimate of drug-likeness (QED) is 0.277. The van der Waals surface area contributed by atoms with Crippen LogP contribution in [-0.2, 0) is 30.7 Å². The van der Waals surface area contributed by atoms with E-state index in [1.54, 1.807) is 18.2 Å². The lowest BCUT2D eigenvalue weighted by Crippen LogP contribution is -2.51. The maximum absolute atomic E-state index is 13.8. The van der Waals surface area contributed by atoms with E-state index in [4.69, 9.17) is 34.2 Å². The number of alkyl carbamates (subject to hydrolysis) is 1. The molecule has 3 heterocycles. The molecule has 3 aliphatic heterocycles. The lowest BCUT2D eigenvalue weighted by Gasteiger charge is -2.31. The summed E-state index contributed by atoms with van der Waals surface area (Å²) in [7, 11) is -4.05. The smallest absolute Gasteiger partial charge is 0.407 e. The molecule has 0 unspecified atom stereocenters. The van der Waals surface area contributed by atoms with E-state index in [1.807, 2.05) is 26.0 Å². The first-order valence-corrected chi connectivity index (χ1v) is 16.3. The molecule has 0 bridgehead atoms. The molecule has 0 aromatic heterocycles. The van der Waals surface area contributed by atoms with Crippen molar-refractivity contribution >= 4 is 16.1 Å². The third kappa shape index (κ3) is 7.73. The molecule has 0 radical (unpaired) electrons. The Bertz CT molecular complexity index is 1370. The summed E-state index contributed by atoms with van der Waals surface area (Å²) in [5.41, 5.74) is 6.31. The van der Waals surface area contributed by atoms with Crippen LogP contribution < -0.4 is 25.3 Å². The molecule has 0 saturated carbocycles. The maximum Gasteiger partial charge on any atom is 0.407 e. The first-order chi connectivity index (χ1) is 21.1. The van der Waals surface area contributed by atoms with Crippen molar-refractivity contribution < 1.29 is 46.7 Å². The molecular weight excluding hydrogens is 594 g/mol. The third-order valence-electron chi connectivity index (χ3n) is 7.72. The van der Waals surface area contributed by atoms with Gasteiger partial charge < -0.3 is 44.6 Å². The Hall–Kier alpha value is -3.14. The van der Waals surface area contributed by atoms with Crippen molar-refractivity contribution in [3.63, 3.8) is 0 Å². The van der Waals surface area contributed by atoms with Gasteiger partial charge in [0.25, 0.3) is 0 Å². The molecule has 2 aromatic carbocycles. The Morgan fingerprint density at radius 1 is 1.11 bits per heavy atom. The van der Waals surface area contributed by atoms with E-state index in [9.17, 15) is 18.3 Å². The number of hydrogen-bond donors (Lipinski definition) is 3. The first kappa shape index (κ1) is 32.3. The molecule has 2 aromatic rings. The van der Waals surface area contributed by atoms with Crippen LogP contribution in [0.4, 0.5) is 4.79 Å². The number of nitrogens with zero attached hydrogens (tertiary/aromatic N) is 1. The number of nitrogens with two attached hydrogens (primary N) is 1. The Morgan fingerprint density at radius 3 is 2.64 bits per heavy atom. The molecule has 44 heavy (non-hydrogen) atoms. The van der Waals surface area contributed by atoms with Crippen LogP contribution in [0.5, 0.6) is 17.2 Å². The monoisotopic (exact) mass is 635 g/mol. The molecule has 0 aliphatic carbocycles. The van der Waals surface area contributed by atoms with E-state index in [1.165, 1.54) is 16.4 Å². The highest BCUT2D eigenvalue weighted by atomic mass is 32.2. The second-order valence-electron chi connectivity index (χ2n) is 11.5. The lowest BCUT2D eigenvalue weighted by molar-refractivity contribution is -0.0907. The van der Waals surface area contributed by atoms with Crippen LogP contribution >= 0.6 is 0 Å². The first-order valence-electron chi connectivity index (χ1n) is 14.8. The summed E-state index contributed by atoms with van der Waals surface area (Å²) in [6.07, 6.45) is -1.98. The maximum atomic E-state index is 13.8. The Morgan fingerprint density at radius 2 is 1.89 bits per heavy atom. The molecule has 1 amide bonds. The number of aliphatic hydroxyl groups excluding tert-OH is 1. The number of carbonyl (C=O) groups excluding carboxylic acids is 1. The molecule has 2 fully saturated rings. The average molecular weight is 636 g/mol. The van der Waals surface area contributed by atoms with E-state index < -0.39 is 34.4 Å². The van der Waals surface area contributed by atoms with Crippen LogP contribution in [0.3, 0.4) is 0 Å². The van der Waals surface area contributed by atoms with Crippen molar-refractivity contribution in [2.75, 3.05) is 46.2 Å². The highest BCUT2D eigenvalue weighted by Crippen LogP contribution is 2.35. The predicted molar refractivity (Wildman–Crippen MR) is 158 cm³/mol. The van der Waals surface area contributed by atoms with E-state index in [0.717, 1.165) is 12.0 Å². The van der Waals surface area contributed by atoms with Crippen LogP contribution in [0, 0.1) is 11.8 Å². The largest absolute Gasteiger partial charge is 0.492 e. The number of carbonyl (C=O) groups is 1. The van der Waals surface area contributed by atoms with Gasteiger partial charge in [-0.05, 0) is 48.6 Å². The topological polar surface area (TPSA) is 168 Å². The fourth-order valence-electron chi connectivity index (χ4n) is 5.51. The minimum absolute atomic E-state index is 0.0121. The molecule has 5 atom stereocenters. The Labute approximate surface area is 257 Å². The Kier molecular flexibility index (Phi) is 10.5. The van der Waals surface area contributed by atoms with E-state index in [2.05, 4.69) is 5.32 Å². The summed E-state index contributed by atoms with van der Waals surface area (Å²) < 4.78 is 62.0. The lowest BCUT2D eigenvalue weighted by atomic mass is 10.0. The number of ether oxygens (including phenoxy) is 6. The normalized spacial score (nSPS) is 22.2. The zero-order valence-electron chi connectivity index (χ0n) is 24.9. The van der Waals surface area contributed by atoms with Gasteiger partial charge in [-0.3, -0.25) is 0 Å². The van der Waals surface area contributed by atoms with E-state index in [-0.39, 0.29) is 55.9 Å². The zero-order valence-corrected chi connectivity index (χ0v) is 25.7. The fourth-order valence-corrected chi connectivity index (χ4v) is 7.14. The van der Waals surface area contributed by atoms with Crippen LogP contribution in [0.1, 0.15) is 25.8 Å². The molecule has 2 saturated heterocycles. The summed E-state index contributed by atoms with van der Waals surface area (Å²) in [6.45, 7) is 5.16. The van der Waals surface area contributed by atoms with Gasteiger partial charge in [0, 0.05) is 25.7 Å². The standard InChI is InChI=1S/C30H41N3O10S/c1-19(2)15-33(44(36,37)22-7-8-26-27(14-22)42-18-41-26)16-25(34)24(13-20-3-5-21(6-4-20)38-12-10-31)32-30(35)43-28-17-40-29-23(28)9-11-39-29/h3-8,14,19,23-25,28-29,34H,9-13,15-18,31H2,1-2H3,(H,32,35)/t23-,24-,25+,28-,29+/m0/s1. The summed E-state index contributed by atoms with van der Waals surface area (Å²) in [6, 6.07) is 10.7. The van der Waals surface area contributed by atoms with Crippen LogP contribution in [-0.4, -0.2) is 94.7 Å². The van der Waals surface area contributed by atoms with Crippen LogP contribution in [0.2, 0.25) is 0 Å². The molecule has 13 nitrogen and oxygen atoms in total. The van der Waals surface area contributed by atoms with Gasteiger partial charge in [0.15, 0.2) is 17.8 Å². The molecule has 3 aliphatic rings. The van der Waals surface area contributed by atoms with Crippen molar-refractivity contribution in [2.24, 2.45) is 17.6 Å². The van der Waals surface area contributed by atoms with Crippen LogP contribution in [0.15, 0.2) is 47.4 Å². The number of nitrogens with one attached hydrogen (secondary N) is 1. The summed E-state index contributed by atoms with van der Waals surface area (Å²) in [5.74, 6) is 1.33. The molecular formula is C30H41N3O10S. The number of sulfonamides is 1. The Balaban J connectivity index is 1.34. The molecule has 242 valence electrons. The van der Waals surface area contributed by atoms with Gasteiger partial charge in [0.1, 0.15) is 18.5 Å². The average Bonchev–Trinajstić information content (AvgIpc) is 3.74. The third-order valence-corrected chi connectivity index (χ3v) is 9.55. The van der Waals surface area contributed by atoms with Gasteiger partial charge in [-0.2, -0.15) is 4.31 Å². The minimum Gasteiger partial charge on any atom is -0.492 e. The van der Waals surface area contributed by atoms with Gasteiger partial charge in [-0.25, -0.2) is 13.2 Å². The fraction of sp³-hybridized carbons (Fsp3) is 0.567. The SMILES string of the molecule is CC(C)CN(C[C@@H](O)[C@H](Cc1ccc(OCCN)cc1)NC(=O)O[C@H]1CO[C@H]2OCC[C@H]21)S(=O)(=O)c1ccc2c(c1)OCO2. The van der Waals surface area contributed by atoms with Crippen molar-refractivity contribution in [1.29, 1.82) is 0 Å². The molecule has 4 N–H and O–H groups in total.